The lowest BCUT2D eigenvalue weighted by Crippen LogP contribution is -2.42. The minimum atomic E-state index is -0.137. The second-order valence-electron chi connectivity index (χ2n) is 4.50. The van der Waals surface area contributed by atoms with Crippen LogP contribution < -0.4 is 16.4 Å². The number of carbonyl (C=O) groups is 1. The van der Waals surface area contributed by atoms with E-state index in [0.717, 1.165) is 24.9 Å². The van der Waals surface area contributed by atoms with Crippen molar-refractivity contribution in [1.82, 2.24) is 5.32 Å². The van der Waals surface area contributed by atoms with Gasteiger partial charge in [-0.25, -0.2) is 4.79 Å². The highest BCUT2D eigenvalue weighted by molar-refractivity contribution is 5.89. The standard InChI is InChI=1S/C13H19N3O/c14-9-10-5-4-8-12(10)16-13(17)15-11-6-2-1-3-7-11/h1-3,6-7,10,12H,4-5,8-9,14H2,(H2,15,16,17). The van der Waals surface area contributed by atoms with E-state index in [2.05, 4.69) is 10.6 Å². The van der Waals surface area contributed by atoms with E-state index >= 15 is 0 Å². The van der Waals surface area contributed by atoms with E-state index in [9.17, 15) is 4.79 Å². The molecule has 17 heavy (non-hydrogen) atoms. The summed E-state index contributed by atoms with van der Waals surface area (Å²) in [6, 6.07) is 9.54. The first-order valence-corrected chi connectivity index (χ1v) is 6.12. The van der Waals surface area contributed by atoms with E-state index in [4.69, 9.17) is 5.73 Å². The fourth-order valence-electron chi connectivity index (χ4n) is 2.37. The zero-order valence-electron chi connectivity index (χ0n) is 9.86. The SMILES string of the molecule is NCC1CCCC1NC(=O)Nc1ccccc1. The Balaban J connectivity index is 1.85. The van der Waals surface area contributed by atoms with Gasteiger partial charge in [-0.05, 0) is 37.4 Å². The van der Waals surface area contributed by atoms with Crippen molar-refractivity contribution in [3.05, 3.63) is 30.3 Å². The molecule has 0 aromatic heterocycles. The first-order chi connectivity index (χ1) is 8.29. The third-order valence-electron chi connectivity index (χ3n) is 3.31. The van der Waals surface area contributed by atoms with E-state index in [0.29, 0.717) is 12.5 Å². The molecule has 0 bridgehead atoms. The first-order valence-electron chi connectivity index (χ1n) is 6.12. The number of amides is 2. The second kappa shape index (κ2) is 5.68. The van der Waals surface area contributed by atoms with Crippen LogP contribution in [-0.2, 0) is 0 Å². The Bertz CT molecular complexity index is 366. The summed E-state index contributed by atoms with van der Waals surface area (Å²) in [5.74, 6) is 0.427. The fraction of sp³-hybridized carbons (Fsp3) is 0.462. The van der Waals surface area contributed by atoms with Crippen LogP contribution in [0.4, 0.5) is 10.5 Å². The van der Waals surface area contributed by atoms with Gasteiger partial charge >= 0.3 is 6.03 Å². The molecule has 0 spiro atoms. The van der Waals surface area contributed by atoms with Gasteiger partial charge in [0.2, 0.25) is 0 Å². The molecule has 0 aliphatic heterocycles. The van der Waals surface area contributed by atoms with Gasteiger partial charge in [-0.2, -0.15) is 0 Å². The lowest BCUT2D eigenvalue weighted by atomic mass is 10.0. The Morgan fingerprint density at radius 1 is 1.29 bits per heavy atom. The van der Waals surface area contributed by atoms with Crippen molar-refractivity contribution in [2.75, 3.05) is 11.9 Å². The Morgan fingerprint density at radius 3 is 2.76 bits per heavy atom. The number of urea groups is 1. The fourth-order valence-corrected chi connectivity index (χ4v) is 2.37. The summed E-state index contributed by atoms with van der Waals surface area (Å²) in [5.41, 5.74) is 6.49. The van der Waals surface area contributed by atoms with Gasteiger partial charge in [0.1, 0.15) is 0 Å². The predicted octanol–water partition coefficient (Wildman–Crippen LogP) is 1.94. The number of rotatable bonds is 3. The minimum Gasteiger partial charge on any atom is -0.335 e. The highest BCUT2D eigenvalue weighted by atomic mass is 16.2. The zero-order chi connectivity index (χ0) is 12.1. The molecule has 1 aliphatic carbocycles. The van der Waals surface area contributed by atoms with Gasteiger partial charge in [0, 0.05) is 11.7 Å². The molecule has 2 amide bonds. The Morgan fingerprint density at radius 2 is 2.06 bits per heavy atom. The molecule has 2 unspecified atom stereocenters. The molecule has 4 heteroatoms. The van der Waals surface area contributed by atoms with Gasteiger partial charge in [0.15, 0.2) is 0 Å². The molecule has 92 valence electrons. The first kappa shape index (κ1) is 11.9. The van der Waals surface area contributed by atoms with Gasteiger partial charge in [0.05, 0.1) is 0 Å². The smallest absolute Gasteiger partial charge is 0.319 e. The number of hydrogen-bond acceptors (Lipinski definition) is 2. The zero-order valence-corrected chi connectivity index (χ0v) is 9.86. The number of hydrogen-bond donors (Lipinski definition) is 3. The van der Waals surface area contributed by atoms with Crippen molar-refractivity contribution >= 4 is 11.7 Å². The molecule has 1 aliphatic rings. The molecule has 2 atom stereocenters. The van der Waals surface area contributed by atoms with Crippen LogP contribution >= 0.6 is 0 Å². The van der Waals surface area contributed by atoms with Crippen LogP contribution in [0.25, 0.3) is 0 Å². The van der Waals surface area contributed by atoms with E-state index in [1.54, 1.807) is 0 Å². The predicted molar refractivity (Wildman–Crippen MR) is 68.8 cm³/mol. The van der Waals surface area contributed by atoms with E-state index < -0.39 is 0 Å². The molecule has 4 N–H and O–H groups in total. The maximum atomic E-state index is 11.8. The summed E-state index contributed by atoms with van der Waals surface area (Å²) in [5, 5.41) is 5.82. The number of anilines is 1. The molecule has 1 saturated carbocycles. The maximum Gasteiger partial charge on any atom is 0.319 e. The molecular formula is C13H19N3O. The van der Waals surface area contributed by atoms with Crippen molar-refractivity contribution in [3.63, 3.8) is 0 Å². The average molecular weight is 233 g/mol. The highest BCUT2D eigenvalue weighted by Gasteiger charge is 2.27. The van der Waals surface area contributed by atoms with Crippen LogP contribution in [0.15, 0.2) is 30.3 Å². The van der Waals surface area contributed by atoms with Crippen molar-refractivity contribution in [2.24, 2.45) is 11.7 Å². The molecule has 2 rings (SSSR count). The van der Waals surface area contributed by atoms with Crippen LogP contribution in [0, 0.1) is 5.92 Å². The van der Waals surface area contributed by atoms with E-state index in [1.165, 1.54) is 0 Å². The third-order valence-corrected chi connectivity index (χ3v) is 3.31. The van der Waals surface area contributed by atoms with E-state index in [-0.39, 0.29) is 12.1 Å². The van der Waals surface area contributed by atoms with Gasteiger partial charge in [0.25, 0.3) is 0 Å². The Labute approximate surface area is 102 Å². The number of carbonyl (C=O) groups excluding carboxylic acids is 1. The monoisotopic (exact) mass is 233 g/mol. The molecule has 0 saturated heterocycles. The summed E-state index contributed by atoms with van der Waals surface area (Å²) >= 11 is 0. The molecule has 1 aromatic rings. The normalized spacial score (nSPS) is 23.4. The highest BCUT2D eigenvalue weighted by Crippen LogP contribution is 2.24. The summed E-state index contributed by atoms with van der Waals surface area (Å²) < 4.78 is 0. The quantitative estimate of drug-likeness (QED) is 0.746. The van der Waals surface area contributed by atoms with Crippen LogP contribution in [0.2, 0.25) is 0 Å². The van der Waals surface area contributed by atoms with Gasteiger partial charge in [-0.1, -0.05) is 24.6 Å². The lowest BCUT2D eigenvalue weighted by Gasteiger charge is -2.19. The van der Waals surface area contributed by atoms with Crippen molar-refractivity contribution < 1.29 is 4.79 Å². The van der Waals surface area contributed by atoms with Crippen molar-refractivity contribution in [1.29, 1.82) is 0 Å². The van der Waals surface area contributed by atoms with E-state index in [1.807, 2.05) is 30.3 Å². The van der Waals surface area contributed by atoms with Gasteiger partial charge < -0.3 is 16.4 Å². The molecule has 0 heterocycles. The molecular weight excluding hydrogens is 214 g/mol. The molecule has 4 nitrogen and oxygen atoms in total. The summed E-state index contributed by atoms with van der Waals surface area (Å²) in [4.78, 5) is 11.8. The minimum absolute atomic E-state index is 0.137. The lowest BCUT2D eigenvalue weighted by molar-refractivity contribution is 0.245. The third kappa shape index (κ3) is 3.20. The maximum absolute atomic E-state index is 11.8. The number of benzene rings is 1. The van der Waals surface area contributed by atoms with Crippen LogP contribution in [0.3, 0.4) is 0 Å². The second-order valence-corrected chi connectivity index (χ2v) is 4.50. The van der Waals surface area contributed by atoms with Gasteiger partial charge in [-0.15, -0.1) is 0 Å². The number of nitrogens with two attached hydrogens (primary N) is 1. The van der Waals surface area contributed by atoms with Crippen molar-refractivity contribution in [3.8, 4) is 0 Å². The topological polar surface area (TPSA) is 67.1 Å². The number of nitrogens with one attached hydrogen (secondary N) is 2. The summed E-state index contributed by atoms with van der Waals surface area (Å²) in [6.45, 7) is 0.649. The van der Waals surface area contributed by atoms with Crippen LogP contribution in [0.5, 0.6) is 0 Å². The largest absolute Gasteiger partial charge is 0.335 e. The molecule has 1 fully saturated rings. The Hall–Kier alpha value is -1.55. The Kier molecular flexibility index (Phi) is 3.98. The summed E-state index contributed by atoms with van der Waals surface area (Å²) in [7, 11) is 0. The molecule has 1 aromatic carbocycles. The average Bonchev–Trinajstić information content (AvgIpc) is 2.77. The van der Waals surface area contributed by atoms with Crippen molar-refractivity contribution in [2.45, 2.75) is 25.3 Å². The van der Waals surface area contributed by atoms with Crippen LogP contribution in [-0.4, -0.2) is 18.6 Å². The molecule has 0 radical (unpaired) electrons. The van der Waals surface area contributed by atoms with Gasteiger partial charge in [-0.3, -0.25) is 0 Å². The van der Waals surface area contributed by atoms with Crippen LogP contribution in [0.1, 0.15) is 19.3 Å². The number of para-hydroxylation sites is 1. The summed E-state index contributed by atoms with van der Waals surface area (Å²) in [6.07, 6.45) is 3.30.